The lowest BCUT2D eigenvalue weighted by atomic mass is 9.94. The molecule has 3 N–H and O–H groups in total. The first-order valence-corrected chi connectivity index (χ1v) is 9.19. The van der Waals surface area contributed by atoms with Gasteiger partial charge in [0.25, 0.3) is 0 Å². The Morgan fingerprint density at radius 2 is 1.90 bits per heavy atom. The predicted molar refractivity (Wildman–Crippen MR) is 88.9 cm³/mol. The first kappa shape index (κ1) is 16.4. The molecule has 1 aromatic carbocycles. The van der Waals surface area contributed by atoms with Crippen molar-refractivity contribution in [2.45, 2.75) is 56.4 Å². The van der Waals surface area contributed by atoms with E-state index in [1.54, 1.807) is 12.1 Å². The number of rotatable bonds is 6. The summed E-state index contributed by atoms with van der Waals surface area (Å²) >= 11 is 5.08. The fraction of sp³-hybridized carbons (Fsp3) is 0.533. The Balaban J connectivity index is 2.36. The van der Waals surface area contributed by atoms with Gasteiger partial charge in [-0.05, 0) is 55.4 Å². The third kappa shape index (κ3) is 3.12. The molecule has 6 heteroatoms. The maximum absolute atomic E-state index is 12.6. The summed E-state index contributed by atoms with van der Waals surface area (Å²) < 4.78 is 28.0. The Morgan fingerprint density at radius 1 is 1.29 bits per heavy atom. The van der Waals surface area contributed by atoms with E-state index in [0.29, 0.717) is 17.7 Å². The fourth-order valence-corrected chi connectivity index (χ4v) is 4.80. The molecular weight excluding hydrogens is 304 g/mol. The highest BCUT2D eigenvalue weighted by Crippen LogP contribution is 2.26. The molecule has 0 fully saturated rings. The van der Waals surface area contributed by atoms with Gasteiger partial charge >= 0.3 is 0 Å². The van der Waals surface area contributed by atoms with Gasteiger partial charge in [-0.2, -0.15) is 4.72 Å². The lowest BCUT2D eigenvalue weighted by molar-refractivity contribution is 0.465. The molecule has 0 heterocycles. The Bertz CT molecular complexity index is 650. The number of fused-ring (bicyclic) bond motifs is 1. The Hall–Kier alpha value is -0.980. The van der Waals surface area contributed by atoms with Crippen LogP contribution in [0.5, 0.6) is 0 Å². The standard InChI is InChI=1S/C15H22N2O2S2/c1-3-15(4-2,14(16)20)17-21(18,19)13-9-8-11-6-5-7-12(11)10-13/h8-10,17H,3-7H2,1-2H3,(H2,16,20). The zero-order chi connectivity index (χ0) is 15.7. The summed E-state index contributed by atoms with van der Waals surface area (Å²) in [7, 11) is -3.63. The molecule has 0 saturated heterocycles. The Kier molecular flexibility index (Phi) is 4.70. The fourth-order valence-electron chi connectivity index (χ4n) is 2.82. The highest BCUT2D eigenvalue weighted by Gasteiger charge is 2.35. The van der Waals surface area contributed by atoms with E-state index < -0.39 is 15.6 Å². The topological polar surface area (TPSA) is 72.2 Å². The van der Waals surface area contributed by atoms with E-state index in [9.17, 15) is 8.42 Å². The summed E-state index contributed by atoms with van der Waals surface area (Å²) in [6.07, 6.45) is 4.13. The van der Waals surface area contributed by atoms with E-state index in [4.69, 9.17) is 18.0 Å². The summed E-state index contributed by atoms with van der Waals surface area (Å²) in [5.74, 6) is 0. The van der Waals surface area contributed by atoms with Crippen LogP contribution in [0.2, 0.25) is 0 Å². The lowest BCUT2D eigenvalue weighted by Crippen LogP contribution is -2.55. The number of nitrogens with two attached hydrogens (primary N) is 1. The summed E-state index contributed by atoms with van der Waals surface area (Å²) in [4.78, 5) is 0.489. The molecule has 1 aromatic rings. The summed E-state index contributed by atoms with van der Waals surface area (Å²) in [5, 5.41) is 0. The molecule has 4 nitrogen and oxygen atoms in total. The second kappa shape index (κ2) is 6.02. The van der Waals surface area contributed by atoms with Crippen LogP contribution in [-0.4, -0.2) is 18.9 Å². The number of aryl methyl sites for hydroxylation is 2. The van der Waals surface area contributed by atoms with Crippen LogP contribution in [0.25, 0.3) is 0 Å². The number of thiocarbonyl (C=S) groups is 1. The van der Waals surface area contributed by atoms with Gasteiger partial charge in [0.2, 0.25) is 10.0 Å². The van der Waals surface area contributed by atoms with Crippen molar-refractivity contribution in [1.82, 2.24) is 4.72 Å². The average molecular weight is 326 g/mol. The molecule has 116 valence electrons. The van der Waals surface area contributed by atoms with Gasteiger partial charge in [0.1, 0.15) is 0 Å². The van der Waals surface area contributed by atoms with Crippen molar-refractivity contribution in [1.29, 1.82) is 0 Å². The summed E-state index contributed by atoms with van der Waals surface area (Å²) in [6.45, 7) is 3.77. The maximum Gasteiger partial charge on any atom is 0.241 e. The Labute approximate surface area is 132 Å². The molecule has 0 aliphatic heterocycles. The number of hydrogen-bond acceptors (Lipinski definition) is 3. The SMILES string of the molecule is CCC(CC)(NS(=O)(=O)c1ccc2c(c1)CCC2)C(N)=S. The van der Waals surface area contributed by atoms with E-state index >= 15 is 0 Å². The van der Waals surface area contributed by atoms with Crippen LogP contribution in [0.15, 0.2) is 23.1 Å². The largest absolute Gasteiger partial charge is 0.392 e. The maximum atomic E-state index is 12.6. The van der Waals surface area contributed by atoms with Crippen LogP contribution in [-0.2, 0) is 22.9 Å². The molecule has 0 bridgehead atoms. The van der Waals surface area contributed by atoms with Gasteiger partial charge in [-0.1, -0.05) is 32.1 Å². The molecule has 1 aliphatic carbocycles. The van der Waals surface area contributed by atoms with Crippen molar-refractivity contribution in [3.8, 4) is 0 Å². The van der Waals surface area contributed by atoms with Crippen LogP contribution >= 0.6 is 12.2 Å². The molecular formula is C15H22N2O2S2. The number of hydrogen-bond donors (Lipinski definition) is 2. The smallest absolute Gasteiger partial charge is 0.241 e. The zero-order valence-electron chi connectivity index (χ0n) is 12.5. The van der Waals surface area contributed by atoms with Gasteiger partial charge in [0, 0.05) is 0 Å². The molecule has 0 radical (unpaired) electrons. The van der Waals surface area contributed by atoms with E-state index in [2.05, 4.69) is 4.72 Å². The van der Waals surface area contributed by atoms with Crippen LogP contribution in [0, 0.1) is 0 Å². The molecule has 2 rings (SSSR count). The van der Waals surface area contributed by atoms with E-state index in [1.807, 2.05) is 19.9 Å². The van der Waals surface area contributed by atoms with E-state index in [1.165, 1.54) is 5.56 Å². The van der Waals surface area contributed by atoms with Crippen molar-refractivity contribution in [3.05, 3.63) is 29.3 Å². The average Bonchev–Trinajstić information content (AvgIpc) is 2.91. The number of nitrogens with one attached hydrogen (secondary N) is 1. The van der Waals surface area contributed by atoms with E-state index in [-0.39, 0.29) is 4.99 Å². The molecule has 0 unspecified atom stereocenters. The Morgan fingerprint density at radius 3 is 2.48 bits per heavy atom. The van der Waals surface area contributed by atoms with Gasteiger partial charge in [-0.15, -0.1) is 0 Å². The van der Waals surface area contributed by atoms with Crippen LogP contribution < -0.4 is 10.5 Å². The quantitative estimate of drug-likeness (QED) is 0.787. The van der Waals surface area contributed by atoms with Gasteiger partial charge in [0.15, 0.2) is 0 Å². The molecule has 0 amide bonds. The highest BCUT2D eigenvalue weighted by molar-refractivity contribution is 7.89. The van der Waals surface area contributed by atoms with Crippen molar-refractivity contribution < 1.29 is 8.42 Å². The van der Waals surface area contributed by atoms with Crippen molar-refractivity contribution in [3.63, 3.8) is 0 Å². The third-order valence-corrected chi connectivity index (χ3v) is 6.31. The lowest BCUT2D eigenvalue weighted by Gasteiger charge is -2.31. The summed E-state index contributed by atoms with van der Waals surface area (Å²) in [6, 6.07) is 5.36. The van der Waals surface area contributed by atoms with Crippen molar-refractivity contribution in [2.24, 2.45) is 5.73 Å². The van der Waals surface area contributed by atoms with Gasteiger partial charge < -0.3 is 5.73 Å². The van der Waals surface area contributed by atoms with Crippen LogP contribution in [0.3, 0.4) is 0 Å². The van der Waals surface area contributed by atoms with Crippen molar-refractivity contribution in [2.75, 3.05) is 0 Å². The van der Waals surface area contributed by atoms with Gasteiger partial charge in [0.05, 0.1) is 15.4 Å². The van der Waals surface area contributed by atoms with Crippen molar-refractivity contribution >= 4 is 27.2 Å². The predicted octanol–water partition coefficient (Wildman–Crippen LogP) is 2.30. The second-order valence-electron chi connectivity index (χ2n) is 5.54. The number of sulfonamides is 1. The van der Waals surface area contributed by atoms with E-state index in [0.717, 1.165) is 24.8 Å². The molecule has 0 aromatic heterocycles. The molecule has 0 spiro atoms. The highest BCUT2D eigenvalue weighted by atomic mass is 32.2. The second-order valence-corrected chi connectivity index (χ2v) is 7.67. The molecule has 1 aliphatic rings. The third-order valence-electron chi connectivity index (χ3n) is 4.39. The van der Waals surface area contributed by atoms with Gasteiger partial charge in [-0.25, -0.2) is 8.42 Å². The monoisotopic (exact) mass is 326 g/mol. The van der Waals surface area contributed by atoms with Gasteiger partial charge in [-0.3, -0.25) is 0 Å². The van der Waals surface area contributed by atoms with Crippen LogP contribution in [0.4, 0.5) is 0 Å². The normalized spacial score (nSPS) is 15.0. The molecule has 0 saturated carbocycles. The zero-order valence-corrected chi connectivity index (χ0v) is 14.1. The minimum absolute atomic E-state index is 0.192. The minimum Gasteiger partial charge on any atom is -0.392 e. The molecule has 21 heavy (non-hydrogen) atoms. The first-order valence-electron chi connectivity index (χ1n) is 7.30. The number of benzene rings is 1. The summed E-state index contributed by atoms with van der Waals surface area (Å²) in [5.41, 5.74) is 7.30. The van der Waals surface area contributed by atoms with Crippen LogP contribution in [0.1, 0.15) is 44.2 Å². The molecule has 0 atom stereocenters. The first-order chi connectivity index (χ1) is 9.84. The minimum atomic E-state index is -3.63.